The molecule has 1 aromatic heterocycles. The molecule has 4 heteroatoms. The van der Waals surface area contributed by atoms with Gasteiger partial charge in [0.1, 0.15) is 0 Å². The largest absolute Gasteiger partial charge is 0.330 e. The van der Waals surface area contributed by atoms with Crippen molar-refractivity contribution in [1.29, 1.82) is 0 Å². The van der Waals surface area contributed by atoms with Crippen molar-refractivity contribution < 1.29 is 0 Å². The Labute approximate surface area is 125 Å². The molecular weight excluding hydrogens is 302 g/mol. The molecule has 1 aliphatic rings. The molecule has 0 saturated heterocycles. The molecule has 0 bridgehead atoms. The summed E-state index contributed by atoms with van der Waals surface area (Å²) in [5.74, 6) is 0.913. The maximum Gasteiger partial charge on any atom is 0.0738 e. The molecule has 0 aromatic carbocycles. The van der Waals surface area contributed by atoms with Crippen molar-refractivity contribution in [3.63, 3.8) is 0 Å². The van der Waals surface area contributed by atoms with Crippen molar-refractivity contribution in [2.75, 3.05) is 6.54 Å². The molecule has 108 valence electrons. The quantitative estimate of drug-likeness (QED) is 0.918. The van der Waals surface area contributed by atoms with E-state index in [1.165, 1.54) is 42.3 Å². The molecule has 3 nitrogen and oxygen atoms in total. The second kappa shape index (κ2) is 5.96. The van der Waals surface area contributed by atoms with Gasteiger partial charge in [0.25, 0.3) is 0 Å². The van der Waals surface area contributed by atoms with E-state index in [9.17, 15) is 0 Å². The van der Waals surface area contributed by atoms with Gasteiger partial charge in [-0.2, -0.15) is 5.10 Å². The van der Waals surface area contributed by atoms with Gasteiger partial charge in [-0.15, -0.1) is 0 Å². The monoisotopic (exact) mass is 327 g/mol. The molecular formula is C15H26BrN3. The van der Waals surface area contributed by atoms with Gasteiger partial charge in [0.15, 0.2) is 0 Å². The van der Waals surface area contributed by atoms with Gasteiger partial charge in [0.2, 0.25) is 0 Å². The van der Waals surface area contributed by atoms with Crippen molar-refractivity contribution in [2.45, 2.75) is 52.4 Å². The first-order valence-corrected chi connectivity index (χ1v) is 8.18. The summed E-state index contributed by atoms with van der Waals surface area (Å²) in [6.45, 7) is 5.15. The summed E-state index contributed by atoms with van der Waals surface area (Å²) >= 11 is 3.68. The van der Waals surface area contributed by atoms with E-state index in [1.54, 1.807) is 0 Å². The highest BCUT2D eigenvalue weighted by atomic mass is 79.9. The van der Waals surface area contributed by atoms with Gasteiger partial charge < -0.3 is 5.73 Å². The normalized spacial score (nSPS) is 27.7. The minimum absolute atomic E-state index is 0.286. The maximum absolute atomic E-state index is 6.13. The van der Waals surface area contributed by atoms with Crippen molar-refractivity contribution in [2.24, 2.45) is 24.1 Å². The van der Waals surface area contributed by atoms with Crippen LogP contribution in [-0.2, 0) is 13.5 Å². The Morgan fingerprint density at radius 2 is 2.05 bits per heavy atom. The summed E-state index contributed by atoms with van der Waals surface area (Å²) in [6, 6.07) is 0. The molecule has 0 atom stereocenters. The van der Waals surface area contributed by atoms with Gasteiger partial charge >= 0.3 is 0 Å². The van der Waals surface area contributed by atoms with E-state index in [4.69, 9.17) is 5.73 Å². The van der Waals surface area contributed by atoms with E-state index >= 15 is 0 Å². The van der Waals surface area contributed by atoms with Crippen LogP contribution >= 0.6 is 15.9 Å². The van der Waals surface area contributed by atoms with Gasteiger partial charge in [-0.25, -0.2) is 0 Å². The number of hydrogen-bond donors (Lipinski definition) is 1. The lowest BCUT2D eigenvalue weighted by Crippen LogP contribution is -2.37. The van der Waals surface area contributed by atoms with Crippen LogP contribution in [-0.4, -0.2) is 16.3 Å². The fraction of sp³-hybridized carbons (Fsp3) is 0.800. The summed E-state index contributed by atoms with van der Waals surface area (Å²) in [5.41, 5.74) is 8.80. The zero-order valence-corrected chi connectivity index (χ0v) is 14.0. The van der Waals surface area contributed by atoms with Crippen LogP contribution in [0.2, 0.25) is 0 Å². The molecule has 2 rings (SSSR count). The second-order valence-corrected chi connectivity index (χ2v) is 7.00. The van der Waals surface area contributed by atoms with Gasteiger partial charge in [-0.05, 0) is 72.8 Å². The van der Waals surface area contributed by atoms with Crippen LogP contribution in [0.15, 0.2) is 4.47 Å². The number of nitrogens with zero attached hydrogens (tertiary/aromatic N) is 2. The standard InChI is InChI=1S/C15H26BrN3/c1-4-12-5-7-15(10-17,8-6-12)9-13-14(16)11(2)18-19(13)3/h12H,4-10,17H2,1-3H3. The Hall–Kier alpha value is -0.350. The molecule has 2 N–H and O–H groups in total. The number of aryl methyl sites for hydroxylation is 2. The molecule has 1 saturated carbocycles. The van der Waals surface area contributed by atoms with E-state index in [2.05, 4.69) is 34.9 Å². The lowest BCUT2D eigenvalue weighted by molar-refractivity contribution is 0.151. The molecule has 1 fully saturated rings. The van der Waals surface area contributed by atoms with E-state index in [1.807, 2.05) is 11.7 Å². The van der Waals surface area contributed by atoms with E-state index in [0.717, 1.165) is 24.6 Å². The molecule has 0 amide bonds. The van der Waals surface area contributed by atoms with Crippen molar-refractivity contribution >= 4 is 15.9 Å². The first-order chi connectivity index (χ1) is 9.01. The van der Waals surface area contributed by atoms with Gasteiger partial charge in [-0.3, -0.25) is 4.68 Å². The summed E-state index contributed by atoms with van der Waals surface area (Å²) in [6.07, 6.45) is 7.56. The molecule has 0 unspecified atom stereocenters. The van der Waals surface area contributed by atoms with Crippen LogP contribution in [0.5, 0.6) is 0 Å². The fourth-order valence-corrected chi connectivity index (χ4v) is 3.85. The predicted molar refractivity (Wildman–Crippen MR) is 83.1 cm³/mol. The molecule has 0 radical (unpaired) electrons. The Bertz CT molecular complexity index is 431. The Morgan fingerprint density at radius 1 is 1.42 bits per heavy atom. The fourth-order valence-electron chi connectivity index (χ4n) is 3.38. The number of hydrogen-bond acceptors (Lipinski definition) is 2. The highest BCUT2D eigenvalue weighted by Gasteiger charge is 2.35. The highest BCUT2D eigenvalue weighted by Crippen LogP contribution is 2.42. The lowest BCUT2D eigenvalue weighted by atomic mass is 9.67. The Morgan fingerprint density at radius 3 is 2.47 bits per heavy atom. The smallest absolute Gasteiger partial charge is 0.0738 e. The average Bonchev–Trinajstić information content (AvgIpc) is 2.66. The predicted octanol–water partition coefficient (Wildman–Crippen LogP) is 3.58. The molecule has 0 spiro atoms. The number of rotatable bonds is 4. The average molecular weight is 328 g/mol. The van der Waals surface area contributed by atoms with E-state index in [0.29, 0.717) is 0 Å². The van der Waals surface area contributed by atoms with Crippen LogP contribution in [0.25, 0.3) is 0 Å². The van der Waals surface area contributed by atoms with E-state index in [-0.39, 0.29) is 5.41 Å². The van der Waals surface area contributed by atoms with Gasteiger partial charge in [0.05, 0.1) is 15.9 Å². The van der Waals surface area contributed by atoms with Crippen LogP contribution in [0, 0.1) is 18.3 Å². The highest BCUT2D eigenvalue weighted by molar-refractivity contribution is 9.10. The second-order valence-electron chi connectivity index (χ2n) is 6.20. The summed E-state index contributed by atoms with van der Waals surface area (Å²) in [7, 11) is 2.04. The maximum atomic E-state index is 6.13. The van der Waals surface area contributed by atoms with Crippen LogP contribution in [0.1, 0.15) is 50.4 Å². The molecule has 19 heavy (non-hydrogen) atoms. The number of halogens is 1. The third-order valence-corrected chi connectivity index (χ3v) is 6.01. The minimum atomic E-state index is 0.286. The topological polar surface area (TPSA) is 43.8 Å². The van der Waals surface area contributed by atoms with Crippen LogP contribution in [0.3, 0.4) is 0 Å². The van der Waals surface area contributed by atoms with Crippen molar-refractivity contribution in [3.8, 4) is 0 Å². The van der Waals surface area contributed by atoms with Gasteiger partial charge in [-0.1, -0.05) is 13.3 Å². The lowest BCUT2D eigenvalue weighted by Gasteiger charge is -2.39. The first kappa shape index (κ1) is 15.0. The van der Waals surface area contributed by atoms with Crippen molar-refractivity contribution in [3.05, 3.63) is 15.9 Å². The zero-order chi connectivity index (χ0) is 14.0. The first-order valence-electron chi connectivity index (χ1n) is 7.39. The zero-order valence-electron chi connectivity index (χ0n) is 12.4. The van der Waals surface area contributed by atoms with Crippen molar-refractivity contribution in [1.82, 2.24) is 9.78 Å². The molecule has 1 aliphatic carbocycles. The van der Waals surface area contributed by atoms with Gasteiger partial charge in [0, 0.05) is 7.05 Å². The number of aromatic nitrogens is 2. The minimum Gasteiger partial charge on any atom is -0.330 e. The SMILES string of the molecule is CCC1CCC(CN)(Cc2c(Br)c(C)nn2C)CC1. The number of nitrogens with two attached hydrogens (primary N) is 1. The Kier molecular flexibility index (Phi) is 4.72. The summed E-state index contributed by atoms with van der Waals surface area (Å²) in [4.78, 5) is 0. The molecule has 0 aliphatic heterocycles. The Balaban J connectivity index is 2.15. The van der Waals surface area contributed by atoms with Crippen LogP contribution in [0.4, 0.5) is 0 Å². The third-order valence-electron chi connectivity index (χ3n) is 4.98. The third kappa shape index (κ3) is 3.05. The molecule has 1 heterocycles. The molecule has 1 aromatic rings. The summed E-state index contributed by atoms with van der Waals surface area (Å²) < 4.78 is 3.18. The summed E-state index contributed by atoms with van der Waals surface area (Å²) in [5, 5.41) is 4.50. The van der Waals surface area contributed by atoms with Crippen LogP contribution < -0.4 is 5.73 Å². The van der Waals surface area contributed by atoms with E-state index < -0.39 is 0 Å².